The Labute approximate surface area is 328 Å². The summed E-state index contributed by atoms with van der Waals surface area (Å²) in [6.45, 7) is 0. The van der Waals surface area contributed by atoms with Crippen LogP contribution in [0.3, 0.4) is 0 Å². The van der Waals surface area contributed by atoms with Gasteiger partial charge in [-0.05, 0) is 28.8 Å². The first-order chi connectivity index (χ1) is 28.2. The Morgan fingerprint density at radius 2 is 0.737 bits per heavy atom. The number of furan rings is 1. The second kappa shape index (κ2) is 13.5. The molecule has 5 nitrogen and oxygen atoms in total. The third-order valence-corrected chi connectivity index (χ3v) is 10.7. The van der Waals surface area contributed by atoms with E-state index in [9.17, 15) is 0 Å². The molecule has 0 saturated heterocycles. The van der Waals surface area contributed by atoms with Crippen molar-refractivity contribution >= 4 is 43.6 Å². The van der Waals surface area contributed by atoms with Gasteiger partial charge in [-0.2, -0.15) is 0 Å². The van der Waals surface area contributed by atoms with Crippen LogP contribution < -0.4 is 0 Å². The van der Waals surface area contributed by atoms with Gasteiger partial charge in [-0.25, -0.2) is 19.9 Å². The van der Waals surface area contributed by atoms with Gasteiger partial charge in [-0.1, -0.05) is 182 Å². The molecule has 0 atom stereocenters. The van der Waals surface area contributed by atoms with Gasteiger partial charge >= 0.3 is 0 Å². The highest BCUT2D eigenvalue weighted by Crippen LogP contribution is 2.43. The summed E-state index contributed by atoms with van der Waals surface area (Å²) in [6, 6.07) is 66.8. The van der Waals surface area contributed by atoms with E-state index in [1.165, 1.54) is 0 Å². The van der Waals surface area contributed by atoms with Crippen molar-refractivity contribution in [2.24, 2.45) is 0 Å². The second-order valence-corrected chi connectivity index (χ2v) is 14.2. The van der Waals surface area contributed by atoms with Crippen molar-refractivity contribution in [1.29, 1.82) is 0 Å². The van der Waals surface area contributed by atoms with E-state index in [2.05, 4.69) is 121 Å². The highest BCUT2D eigenvalue weighted by molar-refractivity contribution is 6.25. The molecule has 8 aromatic carbocycles. The summed E-state index contributed by atoms with van der Waals surface area (Å²) >= 11 is 0. The van der Waals surface area contributed by atoms with E-state index in [1.807, 2.05) is 72.8 Å². The van der Waals surface area contributed by atoms with E-state index in [4.69, 9.17) is 24.4 Å². The monoisotopic (exact) mass is 728 g/mol. The molecule has 0 aliphatic heterocycles. The van der Waals surface area contributed by atoms with Crippen molar-refractivity contribution in [1.82, 2.24) is 19.9 Å². The minimum atomic E-state index is 0.636. The van der Waals surface area contributed by atoms with Crippen LogP contribution in [-0.4, -0.2) is 19.9 Å². The number of rotatable bonds is 6. The normalized spacial score (nSPS) is 11.5. The molecular formula is C52H32N4O. The molecule has 266 valence electrons. The van der Waals surface area contributed by atoms with Crippen LogP contribution in [0.25, 0.3) is 111 Å². The van der Waals surface area contributed by atoms with Crippen LogP contribution in [0.1, 0.15) is 0 Å². The van der Waals surface area contributed by atoms with E-state index < -0.39 is 0 Å². The number of aromatic nitrogens is 4. The molecule has 0 radical (unpaired) electrons. The van der Waals surface area contributed by atoms with Crippen molar-refractivity contribution in [3.63, 3.8) is 0 Å². The maximum absolute atomic E-state index is 6.95. The van der Waals surface area contributed by atoms with Gasteiger partial charge in [0.2, 0.25) is 0 Å². The van der Waals surface area contributed by atoms with Gasteiger partial charge in [-0.3, -0.25) is 0 Å². The van der Waals surface area contributed by atoms with Crippen molar-refractivity contribution in [3.05, 3.63) is 194 Å². The Balaban J connectivity index is 0.962. The lowest BCUT2D eigenvalue weighted by molar-refractivity contribution is 0.674. The Kier molecular flexibility index (Phi) is 7.74. The third kappa shape index (κ3) is 5.72. The number of nitrogens with zero attached hydrogens (tertiary/aromatic N) is 4. The summed E-state index contributed by atoms with van der Waals surface area (Å²) in [6.07, 6.45) is 0. The first-order valence-corrected chi connectivity index (χ1v) is 19.1. The molecule has 5 heteroatoms. The zero-order valence-electron chi connectivity index (χ0n) is 30.7. The second-order valence-electron chi connectivity index (χ2n) is 14.2. The zero-order chi connectivity index (χ0) is 37.7. The minimum absolute atomic E-state index is 0.636. The van der Waals surface area contributed by atoms with Crippen LogP contribution in [0.5, 0.6) is 0 Å². The molecule has 0 spiro atoms. The summed E-state index contributed by atoms with van der Waals surface area (Å²) in [4.78, 5) is 19.8. The third-order valence-electron chi connectivity index (χ3n) is 10.7. The number of para-hydroxylation sites is 2. The van der Waals surface area contributed by atoms with Crippen molar-refractivity contribution in [3.8, 4) is 67.7 Å². The highest BCUT2D eigenvalue weighted by atomic mass is 16.3. The van der Waals surface area contributed by atoms with Gasteiger partial charge in [0.1, 0.15) is 11.2 Å². The predicted molar refractivity (Wildman–Crippen MR) is 233 cm³/mol. The number of hydrogen-bond donors (Lipinski definition) is 0. The molecule has 0 saturated carbocycles. The lowest BCUT2D eigenvalue weighted by atomic mass is 9.96. The van der Waals surface area contributed by atoms with Gasteiger partial charge in [0.15, 0.2) is 17.5 Å². The number of benzene rings is 8. The first kappa shape index (κ1) is 32.7. The van der Waals surface area contributed by atoms with E-state index in [1.54, 1.807) is 0 Å². The lowest BCUT2D eigenvalue weighted by Crippen LogP contribution is -2.00. The quantitative estimate of drug-likeness (QED) is 0.160. The van der Waals surface area contributed by atoms with E-state index in [-0.39, 0.29) is 0 Å². The minimum Gasteiger partial charge on any atom is -0.455 e. The van der Waals surface area contributed by atoms with Gasteiger partial charge in [-0.15, -0.1) is 0 Å². The molecule has 0 bridgehead atoms. The van der Waals surface area contributed by atoms with Crippen LogP contribution in [-0.2, 0) is 0 Å². The molecule has 3 heterocycles. The molecule has 3 aromatic heterocycles. The van der Waals surface area contributed by atoms with E-state index in [0.29, 0.717) is 17.5 Å². The SMILES string of the molecule is c1ccc(-c2nc(-c3ccccc3)nc(-c3ccc(-c4ccc(-c5cccc6c5oc5c6ccc6c(-c7ccccc7)nc7ccccc7c65)cc4)cc3)n2)cc1. The number of fused-ring (bicyclic) bond motifs is 7. The fraction of sp³-hybridized carbons (Fsp3) is 0. The summed E-state index contributed by atoms with van der Waals surface area (Å²) in [5, 5.41) is 5.43. The smallest absolute Gasteiger partial charge is 0.164 e. The number of pyridine rings is 1. The number of hydrogen-bond acceptors (Lipinski definition) is 5. The van der Waals surface area contributed by atoms with Gasteiger partial charge in [0.05, 0.1) is 11.2 Å². The molecule has 0 fully saturated rings. The van der Waals surface area contributed by atoms with Crippen LogP contribution in [0, 0.1) is 0 Å². The molecular weight excluding hydrogens is 697 g/mol. The molecule has 11 aromatic rings. The maximum Gasteiger partial charge on any atom is 0.164 e. The van der Waals surface area contributed by atoms with Crippen LogP contribution in [0.4, 0.5) is 0 Å². The predicted octanol–water partition coefficient (Wildman–Crippen LogP) is 13.5. The summed E-state index contributed by atoms with van der Waals surface area (Å²) in [5.74, 6) is 1.93. The Morgan fingerprint density at radius 3 is 1.35 bits per heavy atom. The van der Waals surface area contributed by atoms with E-state index >= 15 is 0 Å². The summed E-state index contributed by atoms with van der Waals surface area (Å²) in [7, 11) is 0. The molecule has 11 rings (SSSR count). The van der Waals surface area contributed by atoms with Crippen LogP contribution in [0.2, 0.25) is 0 Å². The first-order valence-electron chi connectivity index (χ1n) is 19.1. The highest BCUT2D eigenvalue weighted by Gasteiger charge is 2.19. The van der Waals surface area contributed by atoms with Crippen LogP contribution in [0.15, 0.2) is 199 Å². The summed E-state index contributed by atoms with van der Waals surface area (Å²) in [5.41, 5.74) is 11.9. The Morgan fingerprint density at radius 1 is 0.281 bits per heavy atom. The average Bonchev–Trinajstić information content (AvgIpc) is 3.69. The molecule has 0 unspecified atom stereocenters. The van der Waals surface area contributed by atoms with Crippen molar-refractivity contribution < 1.29 is 4.42 Å². The molecule has 0 N–H and O–H groups in total. The fourth-order valence-corrected chi connectivity index (χ4v) is 7.92. The van der Waals surface area contributed by atoms with Crippen molar-refractivity contribution in [2.45, 2.75) is 0 Å². The molecule has 0 amide bonds. The Hall–Kier alpha value is -7.76. The zero-order valence-corrected chi connectivity index (χ0v) is 30.7. The topological polar surface area (TPSA) is 64.7 Å². The average molecular weight is 729 g/mol. The van der Waals surface area contributed by atoms with Crippen molar-refractivity contribution in [2.75, 3.05) is 0 Å². The van der Waals surface area contributed by atoms with E-state index in [0.717, 1.165) is 93.8 Å². The van der Waals surface area contributed by atoms with Crippen LogP contribution >= 0.6 is 0 Å². The molecule has 57 heavy (non-hydrogen) atoms. The lowest BCUT2D eigenvalue weighted by Gasteiger charge is -2.10. The van der Waals surface area contributed by atoms with Gasteiger partial charge < -0.3 is 4.42 Å². The Bertz CT molecular complexity index is 3190. The fourth-order valence-electron chi connectivity index (χ4n) is 7.92. The largest absolute Gasteiger partial charge is 0.455 e. The summed E-state index contributed by atoms with van der Waals surface area (Å²) < 4.78 is 6.95. The molecule has 0 aliphatic rings. The standard InChI is InChI=1S/C52H32N4O/c1-4-13-36(14-5-1)47-44-32-31-42-41-21-12-20-40(48(41)57-49(42)46(44)43-19-10-11-22-45(43)53-47)35-27-23-33(24-28-35)34-25-29-39(30-26-34)52-55-50(37-15-6-2-7-16-37)54-51(56-52)38-17-8-3-9-18-38/h1-32H. The van der Waals surface area contributed by atoms with Gasteiger partial charge in [0, 0.05) is 54.7 Å². The maximum atomic E-state index is 6.95. The molecule has 0 aliphatic carbocycles. The van der Waals surface area contributed by atoms with Gasteiger partial charge in [0.25, 0.3) is 0 Å².